The standard InChI is InChI=1S/C18H19N5O/c19-18(24)23-10-9-22(17-7-3-4-8-20-17)12-16(23)14-11-21-15-6-2-1-5-13(14)15/h1-8,11,16,21H,9-10,12H2,(H2,19,24). The zero-order valence-corrected chi connectivity index (χ0v) is 13.2. The van der Waals surface area contributed by atoms with Crippen LogP contribution in [0.1, 0.15) is 11.6 Å². The van der Waals surface area contributed by atoms with Gasteiger partial charge in [-0.15, -0.1) is 0 Å². The zero-order chi connectivity index (χ0) is 16.5. The number of aromatic nitrogens is 2. The lowest BCUT2D eigenvalue weighted by Gasteiger charge is -2.41. The average Bonchev–Trinajstić information content (AvgIpc) is 3.06. The Kier molecular flexibility index (Phi) is 3.57. The highest BCUT2D eigenvalue weighted by Gasteiger charge is 2.32. The van der Waals surface area contributed by atoms with Gasteiger partial charge in [-0.2, -0.15) is 0 Å². The van der Waals surface area contributed by atoms with Crippen molar-refractivity contribution in [2.75, 3.05) is 24.5 Å². The monoisotopic (exact) mass is 321 g/mol. The number of anilines is 1. The van der Waals surface area contributed by atoms with E-state index in [1.807, 2.05) is 42.6 Å². The van der Waals surface area contributed by atoms with E-state index in [1.165, 1.54) is 0 Å². The van der Waals surface area contributed by atoms with Crippen molar-refractivity contribution >= 4 is 22.8 Å². The van der Waals surface area contributed by atoms with E-state index in [9.17, 15) is 4.79 Å². The molecule has 3 heterocycles. The molecule has 24 heavy (non-hydrogen) atoms. The van der Waals surface area contributed by atoms with E-state index in [2.05, 4.69) is 20.9 Å². The molecule has 4 rings (SSSR count). The number of piperazine rings is 1. The van der Waals surface area contributed by atoms with Gasteiger partial charge in [0.05, 0.1) is 6.04 Å². The number of pyridine rings is 1. The molecular formula is C18H19N5O. The number of para-hydroxylation sites is 1. The first-order valence-electron chi connectivity index (χ1n) is 8.02. The third-order valence-electron chi connectivity index (χ3n) is 4.62. The summed E-state index contributed by atoms with van der Waals surface area (Å²) in [6, 6.07) is 13.5. The fraction of sp³-hybridized carbons (Fsp3) is 0.222. The second-order valence-electron chi connectivity index (χ2n) is 5.97. The molecule has 0 radical (unpaired) electrons. The quantitative estimate of drug-likeness (QED) is 0.761. The summed E-state index contributed by atoms with van der Waals surface area (Å²) in [7, 11) is 0. The number of amides is 2. The molecule has 1 atom stereocenters. The third kappa shape index (κ3) is 2.46. The third-order valence-corrected chi connectivity index (χ3v) is 4.62. The van der Waals surface area contributed by atoms with E-state index in [1.54, 1.807) is 11.1 Å². The summed E-state index contributed by atoms with van der Waals surface area (Å²) < 4.78 is 0. The summed E-state index contributed by atoms with van der Waals surface area (Å²) in [5.41, 5.74) is 7.78. The van der Waals surface area contributed by atoms with Gasteiger partial charge in [0.2, 0.25) is 0 Å². The molecule has 3 aromatic rings. The Morgan fingerprint density at radius 1 is 1.17 bits per heavy atom. The lowest BCUT2D eigenvalue weighted by Crippen LogP contribution is -2.52. The van der Waals surface area contributed by atoms with Crippen molar-refractivity contribution in [1.82, 2.24) is 14.9 Å². The maximum atomic E-state index is 11.9. The van der Waals surface area contributed by atoms with E-state index in [-0.39, 0.29) is 12.1 Å². The minimum atomic E-state index is -0.383. The van der Waals surface area contributed by atoms with Crippen molar-refractivity contribution in [3.63, 3.8) is 0 Å². The molecule has 6 nitrogen and oxygen atoms in total. The number of aromatic amines is 1. The summed E-state index contributed by atoms with van der Waals surface area (Å²) in [4.78, 5) is 23.6. The molecule has 1 fully saturated rings. The van der Waals surface area contributed by atoms with Gasteiger partial charge in [0.1, 0.15) is 5.82 Å². The Morgan fingerprint density at radius 2 is 2.00 bits per heavy atom. The number of hydrogen-bond acceptors (Lipinski definition) is 3. The second kappa shape index (κ2) is 5.88. The molecule has 1 unspecified atom stereocenters. The molecule has 1 aliphatic rings. The molecule has 0 spiro atoms. The minimum absolute atomic E-state index is 0.102. The van der Waals surface area contributed by atoms with E-state index in [0.717, 1.165) is 28.8 Å². The number of hydrogen-bond donors (Lipinski definition) is 2. The first-order valence-corrected chi connectivity index (χ1v) is 8.02. The maximum absolute atomic E-state index is 11.9. The van der Waals surface area contributed by atoms with Gasteiger partial charge in [0.15, 0.2) is 0 Å². The highest BCUT2D eigenvalue weighted by molar-refractivity contribution is 5.84. The molecule has 2 amide bonds. The van der Waals surface area contributed by atoms with Crippen molar-refractivity contribution in [3.8, 4) is 0 Å². The van der Waals surface area contributed by atoms with Crippen LogP contribution in [0, 0.1) is 0 Å². The molecule has 1 aliphatic heterocycles. The summed E-state index contributed by atoms with van der Waals surface area (Å²) in [6.45, 7) is 1.97. The van der Waals surface area contributed by atoms with Crippen molar-refractivity contribution in [2.24, 2.45) is 5.73 Å². The Morgan fingerprint density at radius 3 is 2.79 bits per heavy atom. The second-order valence-corrected chi connectivity index (χ2v) is 5.97. The molecule has 0 saturated carbocycles. The molecule has 1 saturated heterocycles. The zero-order valence-electron chi connectivity index (χ0n) is 13.2. The smallest absolute Gasteiger partial charge is 0.315 e. The highest BCUT2D eigenvalue weighted by Crippen LogP contribution is 2.32. The molecule has 0 aliphatic carbocycles. The number of fused-ring (bicyclic) bond motifs is 1. The summed E-state index contributed by atoms with van der Waals surface area (Å²) in [5, 5.41) is 1.12. The summed E-state index contributed by atoms with van der Waals surface area (Å²) >= 11 is 0. The fourth-order valence-electron chi connectivity index (χ4n) is 3.43. The van der Waals surface area contributed by atoms with Crippen molar-refractivity contribution in [2.45, 2.75) is 6.04 Å². The summed E-state index contributed by atoms with van der Waals surface area (Å²) in [5.74, 6) is 0.923. The van der Waals surface area contributed by atoms with Gasteiger partial charge in [0, 0.05) is 48.5 Å². The van der Waals surface area contributed by atoms with Gasteiger partial charge in [-0.1, -0.05) is 24.3 Å². The normalized spacial score (nSPS) is 18.1. The van der Waals surface area contributed by atoms with E-state index < -0.39 is 0 Å². The number of nitrogens with two attached hydrogens (primary N) is 1. The number of carbonyl (C=O) groups is 1. The van der Waals surface area contributed by atoms with Crippen molar-refractivity contribution in [1.29, 1.82) is 0 Å². The van der Waals surface area contributed by atoms with Crippen LogP contribution in [0.5, 0.6) is 0 Å². The van der Waals surface area contributed by atoms with Crippen LogP contribution in [0.15, 0.2) is 54.9 Å². The van der Waals surface area contributed by atoms with E-state index in [4.69, 9.17) is 5.73 Å². The van der Waals surface area contributed by atoms with Crippen LogP contribution in [0.25, 0.3) is 10.9 Å². The SMILES string of the molecule is NC(=O)N1CCN(c2ccccn2)CC1c1c[nH]c2ccccc12. The van der Waals surface area contributed by atoms with Crippen LogP contribution in [-0.4, -0.2) is 40.5 Å². The van der Waals surface area contributed by atoms with Gasteiger partial charge in [-0.05, 0) is 18.2 Å². The molecule has 0 bridgehead atoms. The first kappa shape index (κ1) is 14.6. The van der Waals surface area contributed by atoms with Gasteiger partial charge < -0.3 is 20.5 Å². The number of nitrogens with one attached hydrogen (secondary N) is 1. The van der Waals surface area contributed by atoms with E-state index >= 15 is 0 Å². The van der Waals surface area contributed by atoms with Crippen LogP contribution in [0.4, 0.5) is 10.6 Å². The Labute approximate surface area is 139 Å². The predicted octanol–water partition coefficient (Wildman–Crippen LogP) is 2.50. The van der Waals surface area contributed by atoms with Gasteiger partial charge in [-0.3, -0.25) is 0 Å². The van der Waals surface area contributed by atoms with Crippen LogP contribution in [-0.2, 0) is 0 Å². The Hall–Kier alpha value is -3.02. The Bertz CT molecular complexity index is 860. The van der Waals surface area contributed by atoms with Crippen LogP contribution < -0.4 is 10.6 Å². The Balaban J connectivity index is 1.72. The average molecular weight is 321 g/mol. The number of urea groups is 1. The lowest BCUT2D eigenvalue weighted by atomic mass is 10.0. The fourth-order valence-corrected chi connectivity index (χ4v) is 3.43. The topological polar surface area (TPSA) is 78.2 Å². The molecule has 6 heteroatoms. The number of nitrogens with zero attached hydrogens (tertiary/aromatic N) is 3. The number of primary amides is 1. The van der Waals surface area contributed by atoms with Crippen LogP contribution in [0.2, 0.25) is 0 Å². The minimum Gasteiger partial charge on any atom is -0.361 e. The highest BCUT2D eigenvalue weighted by atomic mass is 16.2. The number of carbonyl (C=O) groups excluding carboxylic acids is 1. The molecule has 3 N–H and O–H groups in total. The molecule has 2 aromatic heterocycles. The van der Waals surface area contributed by atoms with Gasteiger partial charge >= 0.3 is 6.03 Å². The van der Waals surface area contributed by atoms with Gasteiger partial charge in [-0.25, -0.2) is 9.78 Å². The van der Waals surface area contributed by atoms with Crippen molar-refractivity contribution < 1.29 is 4.79 Å². The number of rotatable bonds is 2. The van der Waals surface area contributed by atoms with Crippen molar-refractivity contribution in [3.05, 3.63) is 60.4 Å². The molecule has 1 aromatic carbocycles. The maximum Gasteiger partial charge on any atom is 0.315 e. The number of H-pyrrole nitrogens is 1. The largest absolute Gasteiger partial charge is 0.361 e. The van der Waals surface area contributed by atoms with E-state index in [0.29, 0.717) is 13.1 Å². The molecular weight excluding hydrogens is 302 g/mol. The van der Waals surface area contributed by atoms with Crippen LogP contribution >= 0.6 is 0 Å². The predicted molar refractivity (Wildman–Crippen MR) is 93.8 cm³/mol. The van der Waals surface area contributed by atoms with Crippen LogP contribution in [0.3, 0.4) is 0 Å². The summed E-state index contributed by atoms with van der Waals surface area (Å²) in [6.07, 6.45) is 3.77. The first-order chi connectivity index (χ1) is 11.7. The lowest BCUT2D eigenvalue weighted by molar-refractivity contribution is 0.175. The van der Waals surface area contributed by atoms with Gasteiger partial charge in [0.25, 0.3) is 0 Å². The molecule has 122 valence electrons. The number of benzene rings is 1.